The van der Waals surface area contributed by atoms with Gasteiger partial charge < -0.3 is 20.9 Å². The second-order valence-corrected chi connectivity index (χ2v) is 6.94. The Kier molecular flexibility index (Phi) is 4.83. The maximum atomic E-state index is 6.39. The first-order chi connectivity index (χ1) is 11.4. The van der Waals surface area contributed by atoms with Crippen LogP contribution in [0.1, 0.15) is 25.8 Å². The van der Waals surface area contributed by atoms with Crippen molar-refractivity contribution in [3.63, 3.8) is 0 Å². The third kappa shape index (κ3) is 3.57. The highest BCUT2D eigenvalue weighted by Crippen LogP contribution is 2.43. The average Bonchev–Trinajstić information content (AvgIpc) is 2.52. The van der Waals surface area contributed by atoms with Gasteiger partial charge in [-0.25, -0.2) is 4.98 Å². The van der Waals surface area contributed by atoms with Gasteiger partial charge in [0.05, 0.1) is 5.02 Å². The first-order valence-corrected chi connectivity index (χ1v) is 8.41. The molecule has 0 spiro atoms. The van der Waals surface area contributed by atoms with Gasteiger partial charge in [-0.1, -0.05) is 25.4 Å². The molecular formula is C18H22ClN3O2. The average molecular weight is 348 g/mol. The molecule has 128 valence electrons. The fourth-order valence-corrected chi connectivity index (χ4v) is 3.08. The quantitative estimate of drug-likeness (QED) is 0.862. The van der Waals surface area contributed by atoms with Crippen LogP contribution in [0.5, 0.6) is 11.5 Å². The number of pyridine rings is 1. The van der Waals surface area contributed by atoms with Crippen LogP contribution in [0.2, 0.25) is 5.02 Å². The molecule has 0 amide bonds. The maximum absolute atomic E-state index is 6.39. The van der Waals surface area contributed by atoms with Gasteiger partial charge in [-0.2, -0.15) is 0 Å². The van der Waals surface area contributed by atoms with Crippen LogP contribution in [-0.4, -0.2) is 17.6 Å². The van der Waals surface area contributed by atoms with Gasteiger partial charge >= 0.3 is 0 Å². The Morgan fingerprint density at radius 1 is 1.29 bits per heavy atom. The number of anilines is 1. The summed E-state index contributed by atoms with van der Waals surface area (Å²) in [5.41, 5.74) is 14.8. The molecule has 1 aromatic heterocycles. The molecule has 2 aromatic rings. The Bertz CT molecular complexity index is 749. The summed E-state index contributed by atoms with van der Waals surface area (Å²) in [5.74, 6) is 2.31. The van der Waals surface area contributed by atoms with E-state index in [0.717, 1.165) is 28.9 Å². The van der Waals surface area contributed by atoms with Crippen molar-refractivity contribution in [3.8, 4) is 22.6 Å². The van der Waals surface area contributed by atoms with E-state index < -0.39 is 0 Å². The minimum absolute atomic E-state index is 0.0235. The van der Waals surface area contributed by atoms with E-state index in [2.05, 4.69) is 18.8 Å². The number of ether oxygens (including phenoxy) is 2. The Balaban J connectivity index is 1.84. The molecule has 1 aliphatic rings. The van der Waals surface area contributed by atoms with Crippen molar-refractivity contribution in [1.29, 1.82) is 0 Å². The summed E-state index contributed by atoms with van der Waals surface area (Å²) in [4.78, 5) is 4.10. The standard InChI is InChI=1S/C18H22ClN3O2/c1-10(2)3-12(20)9-24-17-6-16-14(4-15(17)19)13-5-18(21)22-7-11(13)8-23-16/h4-7,10,12H,3,8-9,20H2,1-2H3,(H2,21,22). The predicted molar refractivity (Wildman–Crippen MR) is 96.4 cm³/mol. The summed E-state index contributed by atoms with van der Waals surface area (Å²) in [7, 11) is 0. The van der Waals surface area contributed by atoms with E-state index >= 15 is 0 Å². The second kappa shape index (κ2) is 6.87. The van der Waals surface area contributed by atoms with Crippen molar-refractivity contribution in [3.05, 3.63) is 35.0 Å². The smallest absolute Gasteiger partial charge is 0.141 e. The zero-order valence-corrected chi connectivity index (χ0v) is 14.6. The minimum atomic E-state index is -0.0235. The van der Waals surface area contributed by atoms with Gasteiger partial charge in [0.2, 0.25) is 0 Å². The molecule has 3 rings (SSSR count). The number of nitrogens with two attached hydrogens (primary N) is 2. The SMILES string of the molecule is CC(C)CC(N)COc1cc2c(cc1Cl)-c1cc(N)ncc1CO2. The number of hydrogen-bond acceptors (Lipinski definition) is 5. The van der Waals surface area contributed by atoms with E-state index in [1.165, 1.54) is 0 Å². The lowest BCUT2D eigenvalue weighted by Gasteiger charge is -2.22. The normalized spacial score (nSPS) is 13.9. The molecule has 0 bridgehead atoms. The number of halogens is 1. The van der Waals surface area contributed by atoms with Gasteiger partial charge in [-0.15, -0.1) is 0 Å². The van der Waals surface area contributed by atoms with Crippen LogP contribution in [0, 0.1) is 5.92 Å². The number of benzene rings is 1. The molecule has 1 atom stereocenters. The second-order valence-electron chi connectivity index (χ2n) is 6.53. The van der Waals surface area contributed by atoms with Crippen LogP contribution in [0.3, 0.4) is 0 Å². The van der Waals surface area contributed by atoms with E-state index in [0.29, 0.717) is 35.7 Å². The molecule has 6 heteroatoms. The molecule has 5 nitrogen and oxygen atoms in total. The minimum Gasteiger partial charge on any atom is -0.490 e. The van der Waals surface area contributed by atoms with Crippen LogP contribution < -0.4 is 20.9 Å². The first kappa shape index (κ1) is 16.9. The Morgan fingerprint density at radius 2 is 2.08 bits per heavy atom. The van der Waals surface area contributed by atoms with Crippen LogP contribution >= 0.6 is 11.6 Å². The van der Waals surface area contributed by atoms with Crippen molar-refractivity contribution in [2.45, 2.75) is 32.9 Å². The molecule has 1 aliphatic heterocycles. The Hall–Kier alpha value is -1.98. The lowest BCUT2D eigenvalue weighted by molar-refractivity contribution is 0.266. The molecule has 1 aromatic carbocycles. The van der Waals surface area contributed by atoms with Gasteiger partial charge in [-0.3, -0.25) is 0 Å². The van der Waals surface area contributed by atoms with Crippen LogP contribution in [0.15, 0.2) is 24.4 Å². The summed E-state index contributed by atoms with van der Waals surface area (Å²) in [6.07, 6.45) is 2.63. The number of nitrogens with zero attached hydrogens (tertiary/aromatic N) is 1. The van der Waals surface area contributed by atoms with Crippen molar-refractivity contribution in [2.75, 3.05) is 12.3 Å². The monoisotopic (exact) mass is 347 g/mol. The lowest BCUT2D eigenvalue weighted by Crippen LogP contribution is -2.29. The van der Waals surface area contributed by atoms with E-state index in [-0.39, 0.29) is 6.04 Å². The van der Waals surface area contributed by atoms with Gasteiger partial charge in [0, 0.05) is 29.4 Å². The molecule has 0 saturated heterocycles. The summed E-state index contributed by atoms with van der Waals surface area (Å²) in [6, 6.07) is 5.48. The van der Waals surface area contributed by atoms with Crippen LogP contribution in [0.25, 0.3) is 11.1 Å². The van der Waals surface area contributed by atoms with Crippen molar-refractivity contribution in [2.24, 2.45) is 11.7 Å². The third-order valence-electron chi connectivity index (χ3n) is 3.94. The highest BCUT2D eigenvalue weighted by Gasteiger charge is 2.21. The van der Waals surface area contributed by atoms with Gasteiger partial charge in [0.15, 0.2) is 0 Å². The number of hydrogen-bond donors (Lipinski definition) is 2. The fraction of sp³-hybridized carbons (Fsp3) is 0.389. The summed E-state index contributed by atoms with van der Waals surface area (Å²) < 4.78 is 11.6. The predicted octanol–water partition coefficient (Wildman–Crippen LogP) is 3.63. The molecule has 1 unspecified atom stereocenters. The molecule has 0 saturated carbocycles. The highest BCUT2D eigenvalue weighted by molar-refractivity contribution is 6.32. The topological polar surface area (TPSA) is 83.4 Å². The first-order valence-electron chi connectivity index (χ1n) is 8.03. The van der Waals surface area contributed by atoms with E-state index in [1.54, 1.807) is 6.20 Å². The molecule has 2 heterocycles. The van der Waals surface area contributed by atoms with Crippen LogP contribution in [-0.2, 0) is 6.61 Å². The van der Waals surface area contributed by atoms with Gasteiger partial charge in [-0.05, 0) is 30.0 Å². The number of rotatable bonds is 5. The largest absolute Gasteiger partial charge is 0.490 e. The third-order valence-corrected chi connectivity index (χ3v) is 4.24. The van der Waals surface area contributed by atoms with E-state index in [9.17, 15) is 0 Å². The van der Waals surface area contributed by atoms with Crippen molar-refractivity contribution < 1.29 is 9.47 Å². The van der Waals surface area contributed by atoms with E-state index in [4.69, 9.17) is 32.5 Å². The molecule has 0 aliphatic carbocycles. The molecule has 4 N–H and O–H groups in total. The van der Waals surface area contributed by atoms with Gasteiger partial charge in [0.1, 0.15) is 30.5 Å². The highest BCUT2D eigenvalue weighted by atomic mass is 35.5. The maximum Gasteiger partial charge on any atom is 0.141 e. The summed E-state index contributed by atoms with van der Waals surface area (Å²) in [6.45, 7) is 5.14. The van der Waals surface area contributed by atoms with Crippen molar-refractivity contribution in [1.82, 2.24) is 4.98 Å². The molecular weight excluding hydrogens is 326 g/mol. The Labute approximate surface area is 146 Å². The zero-order valence-electron chi connectivity index (χ0n) is 13.9. The molecule has 0 radical (unpaired) electrons. The summed E-state index contributed by atoms with van der Waals surface area (Å²) >= 11 is 6.39. The number of aromatic nitrogens is 1. The fourth-order valence-electron chi connectivity index (χ4n) is 2.87. The van der Waals surface area contributed by atoms with E-state index in [1.807, 2.05) is 18.2 Å². The van der Waals surface area contributed by atoms with Crippen LogP contribution in [0.4, 0.5) is 5.82 Å². The molecule has 0 fully saturated rings. The number of nitrogen functional groups attached to an aromatic ring is 1. The number of fused-ring (bicyclic) bond motifs is 3. The van der Waals surface area contributed by atoms with Crippen molar-refractivity contribution >= 4 is 17.4 Å². The molecule has 24 heavy (non-hydrogen) atoms. The van der Waals surface area contributed by atoms with Gasteiger partial charge in [0.25, 0.3) is 0 Å². The Morgan fingerprint density at radius 3 is 2.83 bits per heavy atom. The zero-order chi connectivity index (χ0) is 17.3. The summed E-state index contributed by atoms with van der Waals surface area (Å²) in [5, 5.41) is 0.525. The lowest BCUT2D eigenvalue weighted by atomic mass is 9.98.